The van der Waals surface area contributed by atoms with Crippen LogP contribution < -0.4 is 10.6 Å². The lowest BCUT2D eigenvalue weighted by atomic mass is 9.62. The fourth-order valence-corrected chi connectivity index (χ4v) is 2.52. The molecule has 4 heteroatoms. The zero-order valence-electron chi connectivity index (χ0n) is 10.2. The monoisotopic (exact) mass is 240 g/mol. The van der Waals surface area contributed by atoms with Crippen LogP contribution >= 0.6 is 0 Å². The first kappa shape index (κ1) is 12.3. The Hall–Kier alpha value is -1.16. The molecule has 0 atom stereocenters. The van der Waals surface area contributed by atoms with Crippen molar-refractivity contribution >= 4 is 5.69 Å². The minimum Gasteiger partial charge on any atom is -0.378 e. The average Bonchev–Trinajstić information content (AvgIpc) is 2.25. The van der Waals surface area contributed by atoms with Gasteiger partial charge in [0.1, 0.15) is 0 Å². The van der Waals surface area contributed by atoms with Gasteiger partial charge in [0.2, 0.25) is 5.92 Å². The number of rotatable bonds is 3. The summed E-state index contributed by atoms with van der Waals surface area (Å²) in [5, 5.41) is 0. The molecule has 2 N–H and O–H groups in total. The van der Waals surface area contributed by atoms with Crippen molar-refractivity contribution in [3.05, 3.63) is 29.8 Å². The van der Waals surface area contributed by atoms with Gasteiger partial charge in [-0.05, 0) is 17.7 Å². The standard InChI is InChI=1S/C13H18F2N2/c1-17(2)11-5-3-10(4-6-11)12(9-16)7-13(14,15)8-12/h3-6H,7-9,16H2,1-2H3. The first-order chi connectivity index (χ1) is 7.88. The third kappa shape index (κ3) is 2.14. The van der Waals surface area contributed by atoms with Gasteiger partial charge in [-0.25, -0.2) is 8.78 Å². The first-order valence-corrected chi connectivity index (χ1v) is 5.74. The maximum Gasteiger partial charge on any atom is 0.250 e. The van der Waals surface area contributed by atoms with Crippen LogP contribution in [-0.2, 0) is 5.41 Å². The average molecular weight is 240 g/mol. The van der Waals surface area contributed by atoms with Crippen LogP contribution in [0.2, 0.25) is 0 Å². The van der Waals surface area contributed by atoms with Crippen molar-refractivity contribution in [2.24, 2.45) is 5.73 Å². The number of hydrogen-bond donors (Lipinski definition) is 1. The summed E-state index contributed by atoms with van der Waals surface area (Å²) in [6.45, 7) is 0.282. The van der Waals surface area contributed by atoms with E-state index in [4.69, 9.17) is 5.73 Å². The molecule has 0 spiro atoms. The summed E-state index contributed by atoms with van der Waals surface area (Å²) in [5.41, 5.74) is 7.15. The second kappa shape index (κ2) is 3.95. The molecule has 0 unspecified atom stereocenters. The lowest BCUT2D eigenvalue weighted by molar-refractivity contribution is -0.123. The summed E-state index contributed by atoms with van der Waals surface area (Å²) in [6.07, 6.45) is -0.254. The van der Waals surface area contributed by atoms with Gasteiger partial charge in [0.05, 0.1) is 0 Å². The van der Waals surface area contributed by atoms with Gasteiger partial charge < -0.3 is 10.6 Å². The van der Waals surface area contributed by atoms with E-state index < -0.39 is 11.3 Å². The molecule has 0 amide bonds. The summed E-state index contributed by atoms with van der Waals surface area (Å²) in [5.74, 6) is -2.54. The Labute approximate surface area is 100 Å². The molecule has 0 radical (unpaired) electrons. The Bertz CT molecular complexity index is 390. The van der Waals surface area contributed by atoms with E-state index >= 15 is 0 Å². The molecule has 1 aromatic rings. The Morgan fingerprint density at radius 3 is 2.06 bits per heavy atom. The van der Waals surface area contributed by atoms with E-state index in [1.807, 2.05) is 43.3 Å². The van der Waals surface area contributed by atoms with Gasteiger partial charge in [0, 0.05) is 44.6 Å². The molecular formula is C13H18F2N2. The van der Waals surface area contributed by atoms with Gasteiger partial charge in [0.25, 0.3) is 0 Å². The van der Waals surface area contributed by atoms with E-state index in [2.05, 4.69) is 0 Å². The fraction of sp³-hybridized carbons (Fsp3) is 0.538. The number of alkyl halides is 2. The van der Waals surface area contributed by atoms with Gasteiger partial charge in [-0.2, -0.15) is 0 Å². The molecule has 2 rings (SSSR count). The van der Waals surface area contributed by atoms with Crippen LogP contribution in [-0.4, -0.2) is 26.6 Å². The quantitative estimate of drug-likeness (QED) is 0.879. The van der Waals surface area contributed by atoms with Crippen molar-refractivity contribution in [3.8, 4) is 0 Å². The second-order valence-electron chi connectivity index (χ2n) is 5.14. The van der Waals surface area contributed by atoms with Crippen LogP contribution in [0.5, 0.6) is 0 Å². The summed E-state index contributed by atoms with van der Waals surface area (Å²) >= 11 is 0. The minimum atomic E-state index is -2.54. The zero-order valence-corrected chi connectivity index (χ0v) is 10.2. The lowest BCUT2D eigenvalue weighted by Crippen LogP contribution is -2.53. The van der Waals surface area contributed by atoms with Gasteiger partial charge in [-0.3, -0.25) is 0 Å². The number of benzene rings is 1. The van der Waals surface area contributed by atoms with Crippen molar-refractivity contribution in [1.82, 2.24) is 0 Å². The summed E-state index contributed by atoms with van der Waals surface area (Å²) in [4.78, 5) is 1.98. The molecule has 0 aromatic heterocycles. The number of halogens is 2. The Balaban J connectivity index is 2.22. The second-order valence-corrected chi connectivity index (χ2v) is 5.14. The number of anilines is 1. The third-order valence-corrected chi connectivity index (χ3v) is 3.58. The van der Waals surface area contributed by atoms with Crippen molar-refractivity contribution < 1.29 is 8.78 Å². The maximum atomic E-state index is 13.0. The predicted octanol–water partition coefficient (Wildman–Crippen LogP) is 2.38. The van der Waals surface area contributed by atoms with Crippen LogP contribution in [0.15, 0.2) is 24.3 Å². The van der Waals surface area contributed by atoms with Crippen LogP contribution in [0.25, 0.3) is 0 Å². The van der Waals surface area contributed by atoms with Crippen molar-refractivity contribution in [3.63, 3.8) is 0 Å². The van der Waals surface area contributed by atoms with E-state index in [9.17, 15) is 8.78 Å². The molecule has 1 aliphatic carbocycles. The highest BCUT2D eigenvalue weighted by Gasteiger charge is 2.56. The van der Waals surface area contributed by atoms with E-state index in [-0.39, 0.29) is 19.4 Å². The molecule has 1 aliphatic rings. The largest absolute Gasteiger partial charge is 0.378 e. The number of nitrogens with zero attached hydrogens (tertiary/aromatic N) is 1. The molecule has 0 aliphatic heterocycles. The Morgan fingerprint density at radius 2 is 1.71 bits per heavy atom. The highest BCUT2D eigenvalue weighted by Crippen LogP contribution is 2.52. The molecule has 2 nitrogen and oxygen atoms in total. The van der Waals surface area contributed by atoms with Crippen molar-refractivity contribution in [1.29, 1.82) is 0 Å². The topological polar surface area (TPSA) is 29.3 Å². The molecule has 1 saturated carbocycles. The van der Waals surface area contributed by atoms with Crippen molar-refractivity contribution in [2.45, 2.75) is 24.2 Å². The summed E-state index contributed by atoms with van der Waals surface area (Å²) < 4.78 is 26.1. The third-order valence-electron chi connectivity index (χ3n) is 3.58. The van der Waals surface area contributed by atoms with Crippen LogP contribution in [0.1, 0.15) is 18.4 Å². The van der Waals surface area contributed by atoms with Crippen LogP contribution in [0.3, 0.4) is 0 Å². The normalized spacial score (nSPS) is 20.8. The maximum absolute atomic E-state index is 13.0. The smallest absolute Gasteiger partial charge is 0.250 e. The molecule has 0 saturated heterocycles. The Kier molecular flexibility index (Phi) is 2.86. The highest BCUT2D eigenvalue weighted by molar-refractivity contribution is 5.48. The molecule has 17 heavy (non-hydrogen) atoms. The fourth-order valence-electron chi connectivity index (χ4n) is 2.52. The van der Waals surface area contributed by atoms with Gasteiger partial charge in [0.15, 0.2) is 0 Å². The molecule has 1 fully saturated rings. The van der Waals surface area contributed by atoms with Gasteiger partial charge in [-0.1, -0.05) is 12.1 Å². The van der Waals surface area contributed by atoms with Gasteiger partial charge in [-0.15, -0.1) is 0 Å². The summed E-state index contributed by atoms with van der Waals surface area (Å²) in [7, 11) is 3.90. The SMILES string of the molecule is CN(C)c1ccc(C2(CN)CC(F)(F)C2)cc1. The lowest BCUT2D eigenvalue weighted by Gasteiger charge is -2.47. The van der Waals surface area contributed by atoms with Crippen LogP contribution in [0, 0.1) is 0 Å². The molecule has 0 bridgehead atoms. The highest BCUT2D eigenvalue weighted by atomic mass is 19.3. The predicted molar refractivity (Wildman–Crippen MR) is 65.7 cm³/mol. The zero-order chi connectivity index (χ0) is 12.7. The van der Waals surface area contributed by atoms with Gasteiger partial charge >= 0.3 is 0 Å². The van der Waals surface area contributed by atoms with Crippen LogP contribution in [0.4, 0.5) is 14.5 Å². The minimum absolute atomic E-state index is 0.127. The van der Waals surface area contributed by atoms with E-state index in [1.165, 1.54) is 0 Å². The molecule has 1 aromatic carbocycles. The first-order valence-electron chi connectivity index (χ1n) is 5.74. The Morgan fingerprint density at radius 1 is 1.18 bits per heavy atom. The van der Waals surface area contributed by atoms with E-state index in [0.717, 1.165) is 11.3 Å². The number of nitrogens with two attached hydrogens (primary N) is 1. The van der Waals surface area contributed by atoms with E-state index in [1.54, 1.807) is 0 Å². The van der Waals surface area contributed by atoms with Crippen molar-refractivity contribution in [2.75, 3.05) is 25.5 Å². The molecule has 0 heterocycles. The molecular weight excluding hydrogens is 222 g/mol. The number of hydrogen-bond acceptors (Lipinski definition) is 2. The molecule has 94 valence electrons. The van der Waals surface area contributed by atoms with E-state index in [0.29, 0.717) is 0 Å². The summed E-state index contributed by atoms with van der Waals surface area (Å²) in [6, 6.07) is 7.72.